The van der Waals surface area contributed by atoms with E-state index < -0.39 is 0 Å². The van der Waals surface area contributed by atoms with Crippen molar-refractivity contribution in [1.29, 1.82) is 0 Å². The van der Waals surface area contributed by atoms with Gasteiger partial charge in [-0.3, -0.25) is 4.79 Å². The van der Waals surface area contributed by atoms with E-state index in [4.69, 9.17) is 14.2 Å². The molecule has 2 aromatic carbocycles. The molecule has 2 heterocycles. The van der Waals surface area contributed by atoms with Gasteiger partial charge in [-0.15, -0.1) is 0 Å². The number of benzene rings is 2. The molecule has 35 heavy (non-hydrogen) atoms. The average Bonchev–Trinajstić information content (AvgIpc) is 2.87. The Kier molecular flexibility index (Phi) is 8.60. The van der Waals surface area contributed by atoms with Crippen LogP contribution < -0.4 is 14.2 Å². The van der Waals surface area contributed by atoms with Gasteiger partial charge in [0.05, 0.1) is 19.8 Å². The van der Waals surface area contributed by atoms with Crippen molar-refractivity contribution < 1.29 is 19.0 Å². The fraction of sp³-hybridized carbons (Fsp3) is 0.379. The molecule has 0 fully saturated rings. The molecule has 0 radical (unpaired) electrons. The highest BCUT2D eigenvalue weighted by Gasteiger charge is 2.20. The van der Waals surface area contributed by atoms with Crippen LogP contribution >= 0.6 is 0 Å². The van der Waals surface area contributed by atoms with Crippen LogP contribution in [0.3, 0.4) is 0 Å². The Bertz CT molecular complexity index is 1100. The summed E-state index contributed by atoms with van der Waals surface area (Å²) in [4.78, 5) is 19.9. The molecule has 0 aliphatic carbocycles. The third kappa shape index (κ3) is 6.98. The summed E-state index contributed by atoms with van der Waals surface area (Å²) < 4.78 is 17.9. The van der Waals surface area contributed by atoms with E-state index in [1.54, 1.807) is 6.20 Å². The molecule has 1 amide bonds. The van der Waals surface area contributed by atoms with E-state index in [0.29, 0.717) is 55.2 Å². The van der Waals surface area contributed by atoms with Gasteiger partial charge in [0.2, 0.25) is 5.88 Å². The van der Waals surface area contributed by atoms with Gasteiger partial charge in [-0.05, 0) is 61.2 Å². The lowest BCUT2D eigenvalue weighted by atomic mass is 10.1. The van der Waals surface area contributed by atoms with E-state index >= 15 is 0 Å². The third-order valence-electron chi connectivity index (χ3n) is 5.82. The Morgan fingerprint density at radius 3 is 2.54 bits per heavy atom. The van der Waals surface area contributed by atoms with Crippen LogP contribution in [0.2, 0.25) is 0 Å². The minimum absolute atomic E-state index is 0.00830. The second-order valence-electron chi connectivity index (χ2n) is 9.24. The molecule has 6 nitrogen and oxygen atoms in total. The maximum absolute atomic E-state index is 13.5. The van der Waals surface area contributed by atoms with E-state index in [9.17, 15) is 4.79 Å². The number of aromatic nitrogens is 1. The number of rotatable bonds is 4. The molecule has 0 bridgehead atoms. The zero-order valence-corrected chi connectivity index (χ0v) is 20.6. The highest BCUT2D eigenvalue weighted by atomic mass is 16.5. The molecule has 1 aromatic heterocycles. The van der Waals surface area contributed by atoms with E-state index in [1.807, 2.05) is 65.6 Å². The summed E-state index contributed by atoms with van der Waals surface area (Å²) in [5.41, 5.74) is 1.50. The minimum Gasteiger partial charge on any atom is -0.493 e. The second-order valence-corrected chi connectivity index (χ2v) is 9.24. The van der Waals surface area contributed by atoms with Crippen LogP contribution in [0.25, 0.3) is 0 Å². The van der Waals surface area contributed by atoms with Gasteiger partial charge < -0.3 is 19.1 Å². The molecule has 0 atom stereocenters. The molecule has 0 saturated heterocycles. The molecule has 1 aliphatic rings. The first-order chi connectivity index (χ1) is 17.1. The standard InChI is InChI=1S/C29H34N2O4/c1-22(2)21-34-25-15-13-23(14-16-25)29(32)31-18-7-3-4-8-19-33-26-11-5-6-12-27(26)35-28-24(20-31)10-9-17-30-28/h5-6,9-17,22H,3-4,7-8,18-21H2,1-2H3. The van der Waals surface area contributed by atoms with Crippen LogP contribution in [-0.2, 0) is 6.54 Å². The third-order valence-corrected chi connectivity index (χ3v) is 5.82. The van der Waals surface area contributed by atoms with Gasteiger partial charge in [-0.2, -0.15) is 0 Å². The van der Waals surface area contributed by atoms with Crippen molar-refractivity contribution in [2.45, 2.75) is 46.1 Å². The summed E-state index contributed by atoms with van der Waals surface area (Å²) in [6.45, 7) is 6.58. The first kappa shape index (κ1) is 24.6. The van der Waals surface area contributed by atoms with Gasteiger partial charge in [0.1, 0.15) is 5.75 Å². The summed E-state index contributed by atoms with van der Waals surface area (Å²) in [6, 6.07) is 18.9. The van der Waals surface area contributed by atoms with Crippen LogP contribution in [0, 0.1) is 5.92 Å². The lowest BCUT2D eigenvalue weighted by molar-refractivity contribution is 0.0738. The fourth-order valence-electron chi connectivity index (χ4n) is 3.93. The van der Waals surface area contributed by atoms with Crippen molar-refractivity contribution in [1.82, 2.24) is 9.88 Å². The van der Waals surface area contributed by atoms with Gasteiger partial charge in [-0.1, -0.05) is 44.9 Å². The van der Waals surface area contributed by atoms with Gasteiger partial charge in [-0.25, -0.2) is 4.98 Å². The van der Waals surface area contributed by atoms with Crippen LogP contribution in [0.4, 0.5) is 0 Å². The van der Waals surface area contributed by atoms with Crippen LogP contribution in [0.5, 0.6) is 23.1 Å². The molecule has 0 spiro atoms. The Morgan fingerprint density at radius 2 is 1.74 bits per heavy atom. The predicted octanol–water partition coefficient (Wildman–Crippen LogP) is 6.50. The number of hydrogen-bond donors (Lipinski definition) is 0. The Labute approximate surface area is 207 Å². The van der Waals surface area contributed by atoms with Crippen molar-refractivity contribution in [3.05, 3.63) is 78.0 Å². The maximum Gasteiger partial charge on any atom is 0.254 e. The van der Waals surface area contributed by atoms with E-state index in [1.165, 1.54) is 0 Å². The molecule has 6 heteroatoms. The quantitative estimate of drug-likeness (QED) is 0.432. The number of amides is 1. The monoisotopic (exact) mass is 474 g/mol. The van der Waals surface area contributed by atoms with Crippen molar-refractivity contribution in [2.24, 2.45) is 5.92 Å². The van der Waals surface area contributed by atoms with E-state index in [0.717, 1.165) is 37.0 Å². The van der Waals surface area contributed by atoms with Gasteiger partial charge in [0, 0.05) is 23.9 Å². The first-order valence-corrected chi connectivity index (χ1v) is 12.5. The average molecular weight is 475 g/mol. The number of ether oxygens (including phenoxy) is 3. The van der Waals surface area contributed by atoms with E-state index in [-0.39, 0.29) is 5.91 Å². The summed E-state index contributed by atoms with van der Waals surface area (Å²) in [7, 11) is 0. The first-order valence-electron chi connectivity index (χ1n) is 12.5. The highest BCUT2D eigenvalue weighted by molar-refractivity contribution is 5.94. The summed E-state index contributed by atoms with van der Waals surface area (Å²) >= 11 is 0. The largest absolute Gasteiger partial charge is 0.493 e. The molecule has 3 aromatic rings. The topological polar surface area (TPSA) is 60.9 Å². The van der Waals surface area contributed by atoms with Gasteiger partial charge in [0.25, 0.3) is 5.91 Å². The van der Waals surface area contributed by atoms with Crippen LogP contribution in [0.1, 0.15) is 55.5 Å². The Hall–Kier alpha value is -3.54. The minimum atomic E-state index is -0.00830. The summed E-state index contributed by atoms with van der Waals surface area (Å²) in [5, 5.41) is 0. The Morgan fingerprint density at radius 1 is 0.971 bits per heavy atom. The van der Waals surface area contributed by atoms with Gasteiger partial charge >= 0.3 is 0 Å². The zero-order chi connectivity index (χ0) is 24.5. The number of nitrogens with zero attached hydrogens (tertiary/aromatic N) is 2. The van der Waals surface area contributed by atoms with Crippen molar-refractivity contribution in [2.75, 3.05) is 19.8 Å². The highest BCUT2D eigenvalue weighted by Crippen LogP contribution is 2.33. The zero-order valence-electron chi connectivity index (χ0n) is 20.6. The van der Waals surface area contributed by atoms with Crippen molar-refractivity contribution in [3.63, 3.8) is 0 Å². The molecule has 1 aliphatic heterocycles. The van der Waals surface area contributed by atoms with Gasteiger partial charge in [0.15, 0.2) is 11.5 Å². The number of hydrogen-bond acceptors (Lipinski definition) is 5. The smallest absolute Gasteiger partial charge is 0.254 e. The van der Waals surface area contributed by atoms with Crippen molar-refractivity contribution >= 4 is 5.91 Å². The number of pyridine rings is 1. The Balaban J connectivity index is 1.57. The molecular weight excluding hydrogens is 440 g/mol. The molecule has 0 saturated carbocycles. The number of carbonyl (C=O) groups excluding carboxylic acids is 1. The lowest BCUT2D eigenvalue weighted by Gasteiger charge is -2.24. The summed E-state index contributed by atoms with van der Waals surface area (Å²) in [5.74, 6) is 3.02. The van der Waals surface area contributed by atoms with Crippen LogP contribution in [-0.4, -0.2) is 35.5 Å². The molecule has 184 valence electrons. The van der Waals surface area contributed by atoms with Crippen molar-refractivity contribution in [3.8, 4) is 23.1 Å². The van der Waals surface area contributed by atoms with Crippen LogP contribution in [0.15, 0.2) is 66.9 Å². The summed E-state index contributed by atoms with van der Waals surface area (Å²) in [6.07, 6.45) is 5.66. The molecular formula is C29H34N2O4. The van der Waals surface area contributed by atoms with E-state index in [2.05, 4.69) is 18.8 Å². The second kappa shape index (κ2) is 12.2. The molecule has 0 N–H and O–H groups in total. The predicted molar refractivity (Wildman–Crippen MR) is 136 cm³/mol. The maximum atomic E-state index is 13.5. The molecule has 4 rings (SSSR count). The number of para-hydroxylation sites is 2. The lowest BCUT2D eigenvalue weighted by Crippen LogP contribution is -2.31. The number of carbonyl (C=O) groups is 1. The normalized spacial score (nSPS) is 14.7. The SMILES string of the molecule is CC(C)COc1ccc(C(=O)N2CCCCCCOc3ccccc3Oc3ncccc3C2)cc1. The fourth-order valence-corrected chi connectivity index (χ4v) is 3.93. The number of fused-ring (bicyclic) bond motifs is 2. The molecule has 0 unspecified atom stereocenters.